The molecule has 0 bridgehead atoms. The zero-order chi connectivity index (χ0) is 15.1. The second-order valence-corrected chi connectivity index (χ2v) is 7.45. The third-order valence-electron chi connectivity index (χ3n) is 4.48. The van der Waals surface area contributed by atoms with Crippen LogP contribution in [0, 0.1) is 0 Å². The van der Waals surface area contributed by atoms with Crippen molar-refractivity contribution in [2.24, 2.45) is 0 Å². The van der Waals surface area contributed by atoms with E-state index < -0.39 is 0 Å². The third kappa shape index (κ3) is 15.6. The molecule has 0 aromatic carbocycles. The van der Waals surface area contributed by atoms with Gasteiger partial charge in [0.25, 0.3) is 0 Å². The molecule has 0 aromatic heterocycles. The molecule has 0 saturated carbocycles. The van der Waals surface area contributed by atoms with Crippen molar-refractivity contribution in [2.75, 3.05) is 32.0 Å². The Balaban J connectivity index is 0. The second kappa shape index (κ2) is 17.3. The van der Waals surface area contributed by atoms with E-state index in [-0.39, 0.29) is 17.0 Å². The molecule has 3 heteroatoms. The first kappa shape index (κ1) is 24.2. The van der Waals surface area contributed by atoms with Crippen LogP contribution in [0.3, 0.4) is 0 Å². The number of rotatable bonds is 15. The number of halogens is 2. The van der Waals surface area contributed by atoms with E-state index in [2.05, 4.69) is 36.8 Å². The lowest BCUT2D eigenvalue weighted by molar-refractivity contribution is -0.907. The molecule has 0 N–H and O–H groups in total. The lowest BCUT2D eigenvalue weighted by Crippen LogP contribution is -3.00. The minimum absolute atomic E-state index is 0. The van der Waals surface area contributed by atoms with E-state index in [1.807, 2.05) is 0 Å². The molecular formula is C18H39Br2N. The first-order valence-electron chi connectivity index (χ1n) is 9.08. The molecule has 130 valence electrons. The summed E-state index contributed by atoms with van der Waals surface area (Å²) < 4.78 is 1.28. The fourth-order valence-corrected chi connectivity index (χ4v) is 3.77. The van der Waals surface area contributed by atoms with E-state index in [9.17, 15) is 0 Å². The summed E-state index contributed by atoms with van der Waals surface area (Å²) in [6.07, 6.45) is 15.6. The Morgan fingerprint density at radius 1 is 0.619 bits per heavy atom. The maximum absolute atomic E-state index is 3.65. The molecule has 1 nitrogen and oxygen atoms in total. The molecule has 0 fully saturated rings. The quantitative estimate of drug-likeness (QED) is 0.213. The number of quaternary nitrogens is 1. The zero-order valence-electron chi connectivity index (χ0n) is 14.8. The van der Waals surface area contributed by atoms with Crippen LogP contribution < -0.4 is 17.0 Å². The van der Waals surface area contributed by atoms with Crippen molar-refractivity contribution in [1.82, 2.24) is 0 Å². The first-order valence-corrected chi connectivity index (χ1v) is 10.2. The van der Waals surface area contributed by atoms with Gasteiger partial charge in [-0.05, 0) is 25.7 Å². The summed E-state index contributed by atoms with van der Waals surface area (Å²) in [7, 11) is 2.47. The van der Waals surface area contributed by atoms with Gasteiger partial charge in [0.05, 0.1) is 32.0 Å². The highest BCUT2D eigenvalue weighted by Crippen LogP contribution is 2.13. The van der Waals surface area contributed by atoms with Crippen LogP contribution in [0.15, 0.2) is 0 Å². The second-order valence-electron chi connectivity index (χ2n) is 6.66. The molecule has 0 aromatic rings. The smallest absolute Gasteiger partial charge is 0.0883 e. The van der Waals surface area contributed by atoms with Gasteiger partial charge in [0, 0.05) is 0 Å². The van der Waals surface area contributed by atoms with Gasteiger partial charge >= 0.3 is 0 Å². The van der Waals surface area contributed by atoms with Gasteiger partial charge in [0.15, 0.2) is 0 Å². The fourth-order valence-electron chi connectivity index (χ4n) is 2.91. The molecular weight excluding hydrogens is 390 g/mol. The van der Waals surface area contributed by atoms with E-state index in [4.69, 9.17) is 0 Å². The van der Waals surface area contributed by atoms with E-state index in [1.54, 1.807) is 0 Å². The van der Waals surface area contributed by atoms with Gasteiger partial charge in [0.2, 0.25) is 0 Å². The summed E-state index contributed by atoms with van der Waals surface area (Å²) in [6, 6.07) is 0. The molecule has 0 amide bonds. The van der Waals surface area contributed by atoms with Crippen molar-refractivity contribution >= 4 is 15.9 Å². The predicted molar refractivity (Wildman–Crippen MR) is 96.7 cm³/mol. The van der Waals surface area contributed by atoms with Crippen LogP contribution in [0.25, 0.3) is 0 Å². The SMILES string of the molecule is CCCCCCCC[N+](C)(CCBr)CCCCCCC.[Br-]. The first-order chi connectivity index (χ1) is 9.68. The predicted octanol–water partition coefficient (Wildman–Crippen LogP) is 3.16. The third-order valence-corrected chi connectivity index (χ3v) is 4.83. The van der Waals surface area contributed by atoms with Gasteiger partial charge in [-0.25, -0.2) is 0 Å². The van der Waals surface area contributed by atoms with Gasteiger partial charge in [0.1, 0.15) is 0 Å². The molecule has 0 aliphatic rings. The average Bonchev–Trinajstić information content (AvgIpc) is 2.43. The molecule has 1 unspecified atom stereocenters. The summed E-state index contributed by atoms with van der Waals surface area (Å²) in [5, 5.41) is 1.15. The summed E-state index contributed by atoms with van der Waals surface area (Å²) in [5.74, 6) is 0. The Morgan fingerprint density at radius 3 is 1.38 bits per heavy atom. The van der Waals surface area contributed by atoms with Crippen molar-refractivity contribution in [1.29, 1.82) is 0 Å². The zero-order valence-corrected chi connectivity index (χ0v) is 18.0. The van der Waals surface area contributed by atoms with Crippen LogP contribution >= 0.6 is 15.9 Å². The lowest BCUT2D eigenvalue weighted by Gasteiger charge is -2.34. The molecule has 0 saturated heterocycles. The normalized spacial score (nSPS) is 13.7. The standard InChI is InChI=1S/C18H39BrN.BrH/c1-4-6-8-10-12-14-17-20(3,18-15-19)16-13-11-9-7-5-2;/h4-18H2,1-3H3;1H/q+1;/p-1. The minimum atomic E-state index is 0. The molecule has 0 radical (unpaired) electrons. The Labute approximate surface area is 153 Å². The Hall–Kier alpha value is 0.920. The van der Waals surface area contributed by atoms with E-state index in [0.717, 1.165) is 5.33 Å². The van der Waals surface area contributed by atoms with Gasteiger partial charge in [-0.2, -0.15) is 0 Å². The van der Waals surface area contributed by atoms with E-state index in [0.29, 0.717) is 0 Å². The lowest BCUT2D eigenvalue weighted by atomic mass is 10.1. The minimum Gasteiger partial charge on any atom is -1.00 e. The average molecular weight is 429 g/mol. The Bertz CT molecular complexity index is 200. The number of hydrogen-bond acceptors (Lipinski definition) is 0. The summed E-state index contributed by atoms with van der Waals surface area (Å²) in [4.78, 5) is 0. The molecule has 0 rings (SSSR count). The van der Waals surface area contributed by atoms with Crippen LogP contribution in [0.1, 0.15) is 84.5 Å². The van der Waals surface area contributed by atoms with E-state index >= 15 is 0 Å². The Kier molecular flexibility index (Phi) is 19.9. The molecule has 0 spiro atoms. The molecule has 0 aliphatic carbocycles. The highest BCUT2D eigenvalue weighted by atomic mass is 79.9. The topological polar surface area (TPSA) is 0 Å². The monoisotopic (exact) mass is 427 g/mol. The Morgan fingerprint density at radius 2 is 1.00 bits per heavy atom. The van der Waals surface area contributed by atoms with Crippen molar-refractivity contribution in [2.45, 2.75) is 84.5 Å². The van der Waals surface area contributed by atoms with Gasteiger partial charge in [-0.3, -0.25) is 0 Å². The maximum atomic E-state index is 3.65. The van der Waals surface area contributed by atoms with Crippen molar-refractivity contribution in [3.05, 3.63) is 0 Å². The van der Waals surface area contributed by atoms with Gasteiger partial charge in [-0.1, -0.05) is 74.7 Å². The van der Waals surface area contributed by atoms with Crippen molar-refractivity contribution in [3.63, 3.8) is 0 Å². The molecule has 0 heterocycles. The summed E-state index contributed by atoms with van der Waals surface area (Å²) in [5.41, 5.74) is 0. The molecule has 0 aliphatic heterocycles. The highest BCUT2D eigenvalue weighted by molar-refractivity contribution is 9.09. The fraction of sp³-hybridized carbons (Fsp3) is 1.00. The number of unbranched alkanes of at least 4 members (excludes halogenated alkanes) is 9. The highest BCUT2D eigenvalue weighted by Gasteiger charge is 2.19. The van der Waals surface area contributed by atoms with E-state index in [1.165, 1.54) is 94.7 Å². The largest absolute Gasteiger partial charge is 1.00 e. The van der Waals surface area contributed by atoms with Crippen molar-refractivity contribution in [3.8, 4) is 0 Å². The van der Waals surface area contributed by atoms with Crippen LogP contribution in [0.5, 0.6) is 0 Å². The summed E-state index contributed by atoms with van der Waals surface area (Å²) >= 11 is 3.65. The van der Waals surface area contributed by atoms with Crippen LogP contribution in [0.2, 0.25) is 0 Å². The maximum Gasteiger partial charge on any atom is 0.0883 e. The number of nitrogens with zero attached hydrogens (tertiary/aromatic N) is 1. The van der Waals surface area contributed by atoms with Crippen LogP contribution in [0.4, 0.5) is 0 Å². The summed E-state index contributed by atoms with van der Waals surface area (Å²) in [6.45, 7) is 8.64. The number of hydrogen-bond donors (Lipinski definition) is 0. The van der Waals surface area contributed by atoms with Crippen LogP contribution in [-0.2, 0) is 0 Å². The molecule has 21 heavy (non-hydrogen) atoms. The number of alkyl halides is 1. The van der Waals surface area contributed by atoms with Crippen molar-refractivity contribution < 1.29 is 21.5 Å². The van der Waals surface area contributed by atoms with Crippen LogP contribution in [-0.4, -0.2) is 36.5 Å². The van der Waals surface area contributed by atoms with Gasteiger partial charge in [-0.15, -0.1) is 0 Å². The van der Waals surface area contributed by atoms with Gasteiger partial charge < -0.3 is 21.5 Å². The molecule has 1 atom stereocenters.